The van der Waals surface area contributed by atoms with Crippen LogP contribution >= 0.6 is 0 Å². The number of benzene rings is 2. The van der Waals surface area contributed by atoms with E-state index in [9.17, 15) is 14.7 Å². The van der Waals surface area contributed by atoms with Crippen molar-refractivity contribution in [3.05, 3.63) is 65.7 Å². The summed E-state index contributed by atoms with van der Waals surface area (Å²) in [7, 11) is 3.08. The Morgan fingerprint density at radius 3 is 1.71 bits per heavy atom. The first kappa shape index (κ1) is 17.3. The summed E-state index contributed by atoms with van der Waals surface area (Å²) >= 11 is 0. The van der Waals surface area contributed by atoms with Crippen molar-refractivity contribution >= 4 is 11.9 Å². The van der Waals surface area contributed by atoms with E-state index in [1.807, 2.05) is 0 Å². The Labute approximate surface area is 140 Å². The van der Waals surface area contributed by atoms with Crippen molar-refractivity contribution in [1.82, 2.24) is 0 Å². The number of carboxylic acid groups (broad SMARTS) is 1. The first-order valence-electron chi connectivity index (χ1n) is 7.30. The maximum atomic E-state index is 12.2. The van der Waals surface area contributed by atoms with E-state index < -0.39 is 11.4 Å². The summed E-state index contributed by atoms with van der Waals surface area (Å²) in [4.78, 5) is 22.9. The number of aliphatic carboxylic acids is 1. The molecule has 0 amide bonds. The van der Waals surface area contributed by atoms with Gasteiger partial charge in [0.05, 0.1) is 14.2 Å². The van der Waals surface area contributed by atoms with Crippen LogP contribution in [0.4, 0.5) is 0 Å². The van der Waals surface area contributed by atoms with Gasteiger partial charge in [-0.1, -0.05) is 24.3 Å². The molecule has 24 heavy (non-hydrogen) atoms. The average molecular weight is 326 g/mol. The Bertz CT molecular complexity index is 693. The zero-order valence-corrected chi connectivity index (χ0v) is 13.5. The van der Waals surface area contributed by atoms with Crippen molar-refractivity contribution in [3.8, 4) is 11.5 Å². The highest BCUT2D eigenvalue weighted by atomic mass is 16.5. The van der Waals surface area contributed by atoms with Gasteiger partial charge in [-0.15, -0.1) is 0 Å². The van der Waals surface area contributed by atoms with E-state index in [4.69, 9.17) is 9.47 Å². The normalized spacial score (nSPS) is 10.6. The smallest absolute Gasteiger partial charge is 0.318 e. The van der Waals surface area contributed by atoms with Crippen LogP contribution in [0.15, 0.2) is 54.6 Å². The predicted octanol–water partition coefficient (Wildman–Crippen LogP) is 2.85. The number of carboxylic acids is 1. The van der Waals surface area contributed by atoms with E-state index in [-0.39, 0.29) is 6.42 Å². The molecule has 0 radical (unpaired) electrons. The number of ether oxygens (including phenoxy) is 2. The molecule has 2 rings (SSSR count). The number of allylic oxidation sites excluding steroid dienone is 1. The van der Waals surface area contributed by atoms with Crippen LogP contribution in [0, 0.1) is 0 Å². The molecule has 0 aliphatic carbocycles. The highest BCUT2D eigenvalue weighted by molar-refractivity contribution is 5.86. The molecule has 5 heteroatoms. The summed E-state index contributed by atoms with van der Waals surface area (Å²) in [6.07, 6.45) is 1.19. The molecule has 0 atom stereocenters. The molecule has 0 unspecified atom stereocenters. The van der Waals surface area contributed by atoms with Gasteiger partial charge < -0.3 is 14.6 Å². The molecule has 0 saturated carbocycles. The van der Waals surface area contributed by atoms with Gasteiger partial charge in [-0.05, 0) is 35.4 Å². The van der Waals surface area contributed by atoms with Crippen LogP contribution in [0.1, 0.15) is 17.5 Å². The van der Waals surface area contributed by atoms with Gasteiger partial charge in [0.1, 0.15) is 22.9 Å². The molecular weight excluding hydrogens is 308 g/mol. The minimum Gasteiger partial charge on any atom is -0.497 e. The second kappa shape index (κ2) is 7.49. The Kier molecular flexibility index (Phi) is 5.40. The van der Waals surface area contributed by atoms with Crippen molar-refractivity contribution in [2.45, 2.75) is 11.8 Å². The maximum Gasteiger partial charge on any atom is 0.318 e. The minimum atomic E-state index is -1.39. The molecular formula is C19H18O5. The zero-order chi connectivity index (χ0) is 17.6. The molecule has 0 aromatic heterocycles. The number of carbonyl (C=O) groups excluding carboxylic acids is 1. The lowest BCUT2D eigenvalue weighted by atomic mass is 9.72. The van der Waals surface area contributed by atoms with Crippen LogP contribution < -0.4 is 9.47 Å². The van der Waals surface area contributed by atoms with Crippen molar-refractivity contribution in [2.24, 2.45) is 0 Å². The van der Waals surface area contributed by atoms with Crippen LogP contribution in [0.25, 0.3) is 0 Å². The summed E-state index contributed by atoms with van der Waals surface area (Å²) in [5, 5.41) is 10.00. The highest BCUT2D eigenvalue weighted by Crippen LogP contribution is 2.38. The molecule has 5 nitrogen and oxygen atoms in total. The number of carbonyl (C=O) groups is 1. The summed E-state index contributed by atoms with van der Waals surface area (Å²) < 4.78 is 10.3. The van der Waals surface area contributed by atoms with E-state index in [1.165, 1.54) is 20.3 Å². The lowest BCUT2D eigenvalue weighted by Gasteiger charge is -2.29. The fourth-order valence-electron chi connectivity index (χ4n) is 2.68. The van der Waals surface area contributed by atoms with E-state index >= 15 is 0 Å². The quantitative estimate of drug-likeness (QED) is 0.792. The van der Waals surface area contributed by atoms with Gasteiger partial charge in [0, 0.05) is 12.5 Å². The Morgan fingerprint density at radius 1 is 1.00 bits per heavy atom. The predicted molar refractivity (Wildman–Crippen MR) is 89.3 cm³/mol. The monoisotopic (exact) mass is 326 g/mol. The van der Waals surface area contributed by atoms with Gasteiger partial charge in [-0.3, -0.25) is 4.79 Å². The van der Waals surface area contributed by atoms with Crippen molar-refractivity contribution in [3.63, 3.8) is 0 Å². The van der Waals surface area contributed by atoms with Gasteiger partial charge in [-0.25, -0.2) is 4.79 Å². The fourth-order valence-corrected chi connectivity index (χ4v) is 2.68. The number of rotatable bonds is 7. The fraction of sp³-hybridized carbons (Fsp3) is 0.211. The van der Waals surface area contributed by atoms with Gasteiger partial charge >= 0.3 is 5.97 Å². The first-order chi connectivity index (χ1) is 11.6. The molecule has 0 aliphatic heterocycles. The summed E-state index contributed by atoms with van der Waals surface area (Å²) in [6.45, 7) is 0. The Balaban J connectivity index is 2.65. The molecule has 0 heterocycles. The van der Waals surface area contributed by atoms with Crippen molar-refractivity contribution in [2.75, 3.05) is 14.2 Å². The Morgan fingerprint density at radius 2 is 1.42 bits per heavy atom. The third-order valence-corrected chi connectivity index (χ3v) is 4.02. The van der Waals surface area contributed by atoms with Crippen LogP contribution in [-0.2, 0) is 15.0 Å². The van der Waals surface area contributed by atoms with E-state index in [1.54, 1.807) is 54.5 Å². The van der Waals surface area contributed by atoms with Crippen LogP contribution in [0.2, 0.25) is 0 Å². The van der Waals surface area contributed by atoms with Gasteiger partial charge in [-0.2, -0.15) is 0 Å². The minimum absolute atomic E-state index is 0.00943. The Hall–Kier alpha value is -3.04. The van der Waals surface area contributed by atoms with Crippen molar-refractivity contribution < 1.29 is 24.2 Å². The molecule has 124 valence electrons. The number of hydrogen-bond acceptors (Lipinski definition) is 4. The summed E-state index contributed by atoms with van der Waals surface area (Å²) in [5.74, 6) is 1.87. The first-order valence-corrected chi connectivity index (χ1v) is 7.30. The molecule has 0 bridgehead atoms. The standard InChI is InChI=1S/C19H18O5/c1-23-16-8-4-14(5-9-16)19(18(21)22,12-3-13-20)15-6-10-17(24-2)11-7-15/h3-11H,12H2,1-2H3,(H,21,22). The molecule has 2 aromatic rings. The summed E-state index contributed by atoms with van der Waals surface area (Å²) in [6, 6.07) is 13.5. The highest BCUT2D eigenvalue weighted by Gasteiger charge is 2.41. The summed E-state index contributed by atoms with van der Waals surface area (Å²) in [5.41, 5.74) is -0.296. The topological polar surface area (TPSA) is 72.8 Å². The average Bonchev–Trinajstić information content (AvgIpc) is 2.63. The SMILES string of the molecule is COc1ccc(C(CC=C=O)(C(=O)O)c2ccc(OC)cc2)cc1. The van der Waals surface area contributed by atoms with Gasteiger partial charge in [0.15, 0.2) is 0 Å². The number of hydrogen-bond donors (Lipinski definition) is 1. The molecule has 2 aromatic carbocycles. The maximum absolute atomic E-state index is 12.2. The lowest BCUT2D eigenvalue weighted by Crippen LogP contribution is -2.36. The molecule has 1 N–H and O–H groups in total. The molecule has 0 fully saturated rings. The molecule has 0 spiro atoms. The van der Waals surface area contributed by atoms with Crippen LogP contribution in [-0.4, -0.2) is 31.2 Å². The number of methoxy groups -OCH3 is 2. The largest absolute Gasteiger partial charge is 0.497 e. The van der Waals surface area contributed by atoms with Crippen LogP contribution in [0.3, 0.4) is 0 Å². The van der Waals surface area contributed by atoms with Gasteiger partial charge in [0.2, 0.25) is 0 Å². The second-order valence-corrected chi connectivity index (χ2v) is 5.19. The van der Waals surface area contributed by atoms with Gasteiger partial charge in [0.25, 0.3) is 0 Å². The zero-order valence-electron chi connectivity index (χ0n) is 13.5. The third kappa shape index (κ3) is 3.16. The van der Waals surface area contributed by atoms with E-state index in [0.29, 0.717) is 22.6 Å². The van der Waals surface area contributed by atoms with E-state index in [0.717, 1.165) is 0 Å². The van der Waals surface area contributed by atoms with Crippen LogP contribution in [0.5, 0.6) is 11.5 Å². The molecule has 0 saturated heterocycles. The van der Waals surface area contributed by atoms with Crippen molar-refractivity contribution in [1.29, 1.82) is 0 Å². The second-order valence-electron chi connectivity index (χ2n) is 5.19. The van der Waals surface area contributed by atoms with E-state index in [2.05, 4.69) is 0 Å². The lowest BCUT2D eigenvalue weighted by molar-refractivity contribution is -0.142. The molecule has 0 aliphatic rings. The third-order valence-electron chi connectivity index (χ3n) is 4.02.